The van der Waals surface area contributed by atoms with Crippen molar-refractivity contribution in [2.24, 2.45) is 5.73 Å². The van der Waals surface area contributed by atoms with Crippen LogP contribution in [0.4, 0.5) is 0 Å². The number of rotatable bonds is 6. The van der Waals surface area contributed by atoms with E-state index in [2.05, 4.69) is 10.1 Å². The van der Waals surface area contributed by atoms with Gasteiger partial charge in [-0.3, -0.25) is 4.79 Å². The lowest BCUT2D eigenvalue weighted by atomic mass is 10.2. The van der Waals surface area contributed by atoms with Crippen LogP contribution in [0.15, 0.2) is 65.2 Å². The Balaban J connectivity index is 1.55. The molecular weight excluding hydrogens is 306 g/mol. The summed E-state index contributed by atoms with van der Waals surface area (Å²) < 4.78 is 10.4. The quantitative estimate of drug-likeness (QED) is 0.700. The van der Waals surface area contributed by atoms with E-state index >= 15 is 0 Å². The van der Waals surface area contributed by atoms with Crippen LogP contribution in [0.25, 0.3) is 11.4 Å². The first-order valence-corrected chi connectivity index (χ1v) is 7.56. The molecular formula is C18H17N3O3. The van der Waals surface area contributed by atoms with E-state index in [4.69, 9.17) is 15.0 Å². The molecule has 0 aliphatic carbocycles. The van der Waals surface area contributed by atoms with E-state index in [9.17, 15) is 4.79 Å². The smallest absolute Gasteiger partial charge is 0.323 e. The molecule has 0 aliphatic heterocycles. The maximum absolute atomic E-state index is 12.0. The second kappa shape index (κ2) is 7.52. The van der Waals surface area contributed by atoms with Crippen molar-refractivity contribution in [3.05, 3.63) is 72.1 Å². The van der Waals surface area contributed by atoms with Crippen molar-refractivity contribution < 1.29 is 14.1 Å². The number of nitrogens with zero attached hydrogens (tertiary/aromatic N) is 2. The molecule has 2 N–H and O–H groups in total. The second-order valence-corrected chi connectivity index (χ2v) is 5.28. The summed E-state index contributed by atoms with van der Waals surface area (Å²) in [5.41, 5.74) is 7.60. The molecule has 0 unspecified atom stereocenters. The van der Waals surface area contributed by atoms with Crippen molar-refractivity contribution in [3.63, 3.8) is 0 Å². The third kappa shape index (κ3) is 4.05. The summed E-state index contributed by atoms with van der Waals surface area (Å²) >= 11 is 0. The molecule has 0 radical (unpaired) electrons. The Morgan fingerprint density at radius 1 is 1.08 bits per heavy atom. The van der Waals surface area contributed by atoms with Crippen LogP contribution in [0.5, 0.6) is 0 Å². The van der Waals surface area contributed by atoms with Gasteiger partial charge in [-0.15, -0.1) is 0 Å². The molecule has 1 aromatic heterocycles. The third-order valence-corrected chi connectivity index (χ3v) is 3.42. The van der Waals surface area contributed by atoms with Gasteiger partial charge in [-0.2, -0.15) is 4.98 Å². The summed E-state index contributed by atoms with van der Waals surface area (Å²) in [5.74, 6) is 0.270. The van der Waals surface area contributed by atoms with E-state index < -0.39 is 12.0 Å². The summed E-state index contributed by atoms with van der Waals surface area (Å²) in [5, 5.41) is 3.90. The molecule has 6 heteroatoms. The zero-order valence-corrected chi connectivity index (χ0v) is 13.0. The van der Waals surface area contributed by atoms with Gasteiger partial charge in [0.2, 0.25) is 11.7 Å². The summed E-state index contributed by atoms with van der Waals surface area (Å²) in [7, 11) is 0. The minimum Gasteiger partial charge on any atom is -0.460 e. The van der Waals surface area contributed by atoms with Gasteiger partial charge >= 0.3 is 5.97 Å². The van der Waals surface area contributed by atoms with Gasteiger partial charge in [-0.25, -0.2) is 0 Å². The Labute approximate surface area is 139 Å². The maximum atomic E-state index is 12.0. The second-order valence-electron chi connectivity index (χ2n) is 5.28. The fraction of sp³-hybridized carbons (Fsp3) is 0.167. The number of carbonyl (C=O) groups excluding carboxylic acids is 1. The molecule has 0 amide bonds. The Hall–Kier alpha value is -2.99. The van der Waals surface area contributed by atoms with Gasteiger partial charge in [0.25, 0.3) is 0 Å². The highest BCUT2D eigenvalue weighted by molar-refractivity contribution is 5.75. The van der Waals surface area contributed by atoms with Crippen molar-refractivity contribution >= 4 is 5.97 Å². The molecule has 0 bridgehead atoms. The standard InChI is InChI=1S/C18H17N3O3/c19-15(18(22)23-12-13-7-3-1-4-8-13)11-16-20-17(21-24-16)14-9-5-2-6-10-14/h1-10,15H,11-12,19H2/t15-/m0/s1. The van der Waals surface area contributed by atoms with Crippen LogP contribution in [-0.4, -0.2) is 22.2 Å². The number of aromatic nitrogens is 2. The van der Waals surface area contributed by atoms with Gasteiger partial charge in [0.15, 0.2) is 0 Å². The highest BCUT2D eigenvalue weighted by Crippen LogP contribution is 2.15. The molecule has 6 nitrogen and oxygen atoms in total. The molecule has 0 aliphatic rings. The fourth-order valence-electron chi connectivity index (χ4n) is 2.15. The van der Waals surface area contributed by atoms with Gasteiger partial charge < -0.3 is 15.0 Å². The molecule has 0 saturated heterocycles. The van der Waals surface area contributed by atoms with Gasteiger partial charge in [0.1, 0.15) is 12.6 Å². The first kappa shape index (κ1) is 15.9. The lowest BCUT2D eigenvalue weighted by Crippen LogP contribution is -2.34. The number of esters is 1. The van der Waals surface area contributed by atoms with Crippen molar-refractivity contribution in [2.75, 3.05) is 0 Å². The van der Waals surface area contributed by atoms with E-state index in [1.165, 1.54) is 0 Å². The van der Waals surface area contributed by atoms with Crippen molar-refractivity contribution in [1.29, 1.82) is 0 Å². The number of carbonyl (C=O) groups is 1. The molecule has 122 valence electrons. The van der Waals surface area contributed by atoms with Crippen molar-refractivity contribution in [3.8, 4) is 11.4 Å². The van der Waals surface area contributed by atoms with Crippen molar-refractivity contribution in [1.82, 2.24) is 10.1 Å². The lowest BCUT2D eigenvalue weighted by Gasteiger charge is -2.09. The van der Waals surface area contributed by atoms with Crippen molar-refractivity contribution in [2.45, 2.75) is 19.1 Å². The van der Waals surface area contributed by atoms with Crippen LogP contribution >= 0.6 is 0 Å². The molecule has 0 spiro atoms. The zero-order valence-electron chi connectivity index (χ0n) is 13.0. The van der Waals surface area contributed by atoms with Crippen LogP contribution in [0.2, 0.25) is 0 Å². The van der Waals surface area contributed by atoms with E-state index in [0.29, 0.717) is 11.7 Å². The Kier molecular flexibility index (Phi) is 4.98. The van der Waals surface area contributed by atoms with Crippen LogP contribution in [-0.2, 0) is 22.6 Å². The first-order valence-electron chi connectivity index (χ1n) is 7.56. The predicted octanol–water partition coefficient (Wildman–Crippen LogP) is 2.35. The van der Waals surface area contributed by atoms with Crippen LogP contribution in [0, 0.1) is 0 Å². The van der Waals surface area contributed by atoms with Crippen LogP contribution in [0.3, 0.4) is 0 Å². The molecule has 0 saturated carbocycles. The summed E-state index contributed by atoms with van der Waals surface area (Å²) in [6.07, 6.45) is 0.132. The summed E-state index contributed by atoms with van der Waals surface area (Å²) in [6.45, 7) is 0.187. The SMILES string of the molecule is N[C@@H](Cc1nc(-c2ccccc2)no1)C(=O)OCc1ccccc1. The van der Waals surface area contributed by atoms with Gasteiger partial charge in [0, 0.05) is 5.56 Å². The van der Waals surface area contributed by atoms with E-state index in [1.54, 1.807) is 0 Å². The van der Waals surface area contributed by atoms with Crippen LogP contribution < -0.4 is 5.73 Å². The number of hydrogen-bond acceptors (Lipinski definition) is 6. The Morgan fingerprint density at radius 2 is 1.75 bits per heavy atom. The third-order valence-electron chi connectivity index (χ3n) is 3.42. The molecule has 3 aromatic rings. The molecule has 3 rings (SSSR count). The highest BCUT2D eigenvalue weighted by atomic mass is 16.5. The van der Waals surface area contributed by atoms with Gasteiger partial charge in [-0.05, 0) is 5.56 Å². The van der Waals surface area contributed by atoms with Gasteiger partial charge in [0.05, 0.1) is 6.42 Å². The fourth-order valence-corrected chi connectivity index (χ4v) is 2.15. The topological polar surface area (TPSA) is 91.2 Å². The highest BCUT2D eigenvalue weighted by Gasteiger charge is 2.20. The number of benzene rings is 2. The largest absolute Gasteiger partial charge is 0.460 e. The zero-order chi connectivity index (χ0) is 16.8. The maximum Gasteiger partial charge on any atom is 0.323 e. The average molecular weight is 323 g/mol. The monoisotopic (exact) mass is 323 g/mol. The molecule has 24 heavy (non-hydrogen) atoms. The average Bonchev–Trinajstić information content (AvgIpc) is 3.10. The molecule has 0 fully saturated rings. The van der Waals surface area contributed by atoms with Gasteiger partial charge in [-0.1, -0.05) is 65.8 Å². The predicted molar refractivity (Wildman–Crippen MR) is 87.7 cm³/mol. The number of hydrogen-bond donors (Lipinski definition) is 1. The summed E-state index contributed by atoms with van der Waals surface area (Å²) in [4.78, 5) is 16.2. The Bertz CT molecular complexity index is 788. The van der Waals surface area contributed by atoms with E-state index in [0.717, 1.165) is 11.1 Å². The van der Waals surface area contributed by atoms with Crippen LogP contribution in [0.1, 0.15) is 11.5 Å². The number of ether oxygens (including phenoxy) is 1. The Morgan fingerprint density at radius 3 is 2.46 bits per heavy atom. The first-order chi connectivity index (χ1) is 11.7. The van der Waals surface area contributed by atoms with E-state index in [1.807, 2.05) is 60.7 Å². The normalized spacial score (nSPS) is 11.9. The number of nitrogens with two attached hydrogens (primary N) is 1. The lowest BCUT2D eigenvalue weighted by molar-refractivity contribution is -0.146. The molecule has 1 atom stereocenters. The molecule has 2 aromatic carbocycles. The van der Waals surface area contributed by atoms with E-state index in [-0.39, 0.29) is 13.0 Å². The minimum atomic E-state index is -0.849. The minimum absolute atomic E-state index is 0.132. The summed E-state index contributed by atoms with van der Waals surface area (Å²) in [6, 6.07) is 18.0. The molecule has 1 heterocycles.